The highest BCUT2D eigenvalue weighted by Crippen LogP contribution is 2.48. The SMILES string of the molecule is C=CC(=C)C1(C)SCCS1. The number of hydrogen-bond donors (Lipinski definition) is 0. The van der Waals surface area contributed by atoms with Gasteiger partial charge in [0.05, 0.1) is 4.08 Å². The third kappa shape index (κ3) is 1.43. The Labute approximate surface area is 71.2 Å². The van der Waals surface area contributed by atoms with Crippen LogP contribution in [-0.4, -0.2) is 15.6 Å². The molecule has 1 aliphatic heterocycles. The summed E-state index contributed by atoms with van der Waals surface area (Å²) in [6.45, 7) is 9.91. The molecule has 1 aliphatic rings. The van der Waals surface area contributed by atoms with E-state index in [4.69, 9.17) is 0 Å². The molecule has 56 valence electrons. The molecule has 2 heteroatoms. The highest BCUT2D eigenvalue weighted by Gasteiger charge is 2.31. The van der Waals surface area contributed by atoms with Crippen LogP contribution in [0.2, 0.25) is 0 Å². The zero-order valence-electron chi connectivity index (χ0n) is 6.22. The fourth-order valence-electron chi connectivity index (χ4n) is 0.885. The maximum absolute atomic E-state index is 3.97. The van der Waals surface area contributed by atoms with E-state index >= 15 is 0 Å². The quantitative estimate of drug-likeness (QED) is 0.587. The molecule has 0 aliphatic carbocycles. The monoisotopic (exact) mass is 172 g/mol. The van der Waals surface area contributed by atoms with Crippen molar-refractivity contribution in [1.82, 2.24) is 0 Å². The summed E-state index contributed by atoms with van der Waals surface area (Å²) in [5.41, 5.74) is 1.15. The Morgan fingerprint density at radius 3 is 2.40 bits per heavy atom. The van der Waals surface area contributed by atoms with E-state index in [1.807, 2.05) is 29.6 Å². The van der Waals surface area contributed by atoms with Gasteiger partial charge in [-0.15, -0.1) is 23.5 Å². The lowest BCUT2D eigenvalue weighted by Gasteiger charge is -2.21. The predicted molar refractivity (Wildman–Crippen MR) is 52.7 cm³/mol. The molecule has 0 nitrogen and oxygen atoms in total. The minimum atomic E-state index is 0.224. The smallest absolute Gasteiger partial charge is 0.0826 e. The van der Waals surface area contributed by atoms with Crippen LogP contribution in [0.4, 0.5) is 0 Å². The Balaban J connectivity index is 2.66. The highest BCUT2D eigenvalue weighted by atomic mass is 32.2. The van der Waals surface area contributed by atoms with Crippen molar-refractivity contribution in [1.29, 1.82) is 0 Å². The fourth-order valence-corrected chi connectivity index (χ4v) is 3.70. The second-order valence-electron chi connectivity index (χ2n) is 2.37. The number of thioether (sulfide) groups is 2. The summed E-state index contributed by atoms with van der Waals surface area (Å²) in [5, 5.41) is 0. The van der Waals surface area contributed by atoms with Crippen LogP contribution in [0.1, 0.15) is 6.92 Å². The summed E-state index contributed by atoms with van der Waals surface area (Å²) >= 11 is 3.94. The van der Waals surface area contributed by atoms with Crippen molar-refractivity contribution < 1.29 is 0 Å². The Morgan fingerprint density at radius 1 is 1.50 bits per heavy atom. The molecule has 0 amide bonds. The zero-order chi connectivity index (χ0) is 7.61. The molecule has 0 spiro atoms. The molecule has 1 rings (SSSR count). The van der Waals surface area contributed by atoms with Gasteiger partial charge in [-0.3, -0.25) is 0 Å². The molecule has 10 heavy (non-hydrogen) atoms. The number of rotatable bonds is 2. The van der Waals surface area contributed by atoms with E-state index in [1.165, 1.54) is 11.5 Å². The van der Waals surface area contributed by atoms with Crippen molar-refractivity contribution in [3.05, 3.63) is 24.8 Å². The Kier molecular flexibility index (Phi) is 2.53. The van der Waals surface area contributed by atoms with Gasteiger partial charge in [-0.1, -0.05) is 19.2 Å². The van der Waals surface area contributed by atoms with Gasteiger partial charge in [0.2, 0.25) is 0 Å². The molecular formula is C8H12S2. The molecular weight excluding hydrogens is 160 g/mol. The molecule has 1 saturated heterocycles. The topological polar surface area (TPSA) is 0 Å². The van der Waals surface area contributed by atoms with Crippen LogP contribution in [0, 0.1) is 0 Å². The van der Waals surface area contributed by atoms with Crippen molar-refractivity contribution in [2.24, 2.45) is 0 Å². The first-order chi connectivity index (χ1) is 4.69. The van der Waals surface area contributed by atoms with E-state index in [0.29, 0.717) is 0 Å². The minimum Gasteiger partial charge on any atom is -0.139 e. The molecule has 0 radical (unpaired) electrons. The molecule has 0 bridgehead atoms. The Hall–Kier alpha value is 0.180. The van der Waals surface area contributed by atoms with Crippen molar-refractivity contribution >= 4 is 23.5 Å². The fraction of sp³-hybridized carbons (Fsp3) is 0.500. The first kappa shape index (κ1) is 8.28. The van der Waals surface area contributed by atoms with Crippen LogP contribution in [0.15, 0.2) is 24.8 Å². The van der Waals surface area contributed by atoms with Crippen molar-refractivity contribution in [2.75, 3.05) is 11.5 Å². The van der Waals surface area contributed by atoms with Crippen LogP contribution >= 0.6 is 23.5 Å². The van der Waals surface area contributed by atoms with E-state index in [0.717, 1.165) is 5.57 Å². The van der Waals surface area contributed by atoms with Crippen LogP contribution in [0.25, 0.3) is 0 Å². The van der Waals surface area contributed by atoms with Gasteiger partial charge in [0.15, 0.2) is 0 Å². The maximum atomic E-state index is 3.97. The minimum absolute atomic E-state index is 0.224. The predicted octanol–water partition coefficient (Wildman–Crippen LogP) is 2.92. The van der Waals surface area contributed by atoms with Gasteiger partial charge in [0.1, 0.15) is 0 Å². The summed E-state index contributed by atoms with van der Waals surface area (Å²) in [6.07, 6.45) is 1.87. The van der Waals surface area contributed by atoms with Crippen LogP contribution in [0.5, 0.6) is 0 Å². The molecule has 0 unspecified atom stereocenters. The molecule has 1 heterocycles. The standard InChI is InChI=1S/C8H12S2/c1-4-7(2)8(3)9-5-6-10-8/h4H,1-2,5-6H2,3H3. The first-order valence-electron chi connectivity index (χ1n) is 3.29. The van der Waals surface area contributed by atoms with Crippen LogP contribution in [-0.2, 0) is 0 Å². The average molecular weight is 172 g/mol. The molecule has 0 aromatic rings. The van der Waals surface area contributed by atoms with Crippen molar-refractivity contribution in [2.45, 2.75) is 11.0 Å². The summed E-state index contributed by atoms with van der Waals surface area (Å²) in [4.78, 5) is 0. The van der Waals surface area contributed by atoms with Gasteiger partial charge in [-0.2, -0.15) is 0 Å². The number of hydrogen-bond acceptors (Lipinski definition) is 2. The zero-order valence-corrected chi connectivity index (χ0v) is 7.86. The van der Waals surface area contributed by atoms with Gasteiger partial charge in [0.25, 0.3) is 0 Å². The average Bonchev–Trinajstić information content (AvgIpc) is 2.36. The summed E-state index contributed by atoms with van der Waals surface area (Å²) < 4.78 is 0.224. The third-order valence-corrected chi connectivity index (χ3v) is 5.08. The van der Waals surface area contributed by atoms with E-state index in [1.54, 1.807) is 0 Å². The van der Waals surface area contributed by atoms with Crippen LogP contribution < -0.4 is 0 Å². The number of allylic oxidation sites excluding steroid dienone is 1. The molecule has 1 fully saturated rings. The maximum Gasteiger partial charge on any atom is 0.0826 e. The Bertz CT molecular complexity index is 155. The van der Waals surface area contributed by atoms with E-state index in [-0.39, 0.29) is 4.08 Å². The van der Waals surface area contributed by atoms with Crippen LogP contribution in [0.3, 0.4) is 0 Å². The van der Waals surface area contributed by atoms with E-state index < -0.39 is 0 Å². The third-order valence-electron chi connectivity index (χ3n) is 1.67. The molecule has 0 aromatic carbocycles. The van der Waals surface area contributed by atoms with Gasteiger partial charge in [-0.05, 0) is 12.5 Å². The van der Waals surface area contributed by atoms with E-state index in [9.17, 15) is 0 Å². The normalized spacial score (nSPS) is 22.5. The summed E-state index contributed by atoms with van der Waals surface area (Å²) in [6, 6.07) is 0. The largest absolute Gasteiger partial charge is 0.139 e. The second kappa shape index (κ2) is 3.05. The first-order valence-corrected chi connectivity index (χ1v) is 5.26. The lowest BCUT2D eigenvalue weighted by Crippen LogP contribution is -2.11. The lowest BCUT2D eigenvalue weighted by molar-refractivity contribution is 1.11. The molecule has 0 N–H and O–H groups in total. The van der Waals surface area contributed by atoms with Gasteiger partial charge >= 0.3 is 0 Å². The van der Waals surface area contributed by atoms with Gasteiger partial charge < -0.3 is 0 Å². The molecule has 0 saturated carbocycles. The Morgan fingerprint density at radius 2 is 2.00 bits per heavy atom. The lowest BCUT2D eigenvalue weighted by atomic mass is 10.2. The second-order valence-corrected chi connectivity index (χ2v) is 5.66. The summed E-state index contributed by atoms with van der Waals surface area (Å²) in [5.74, 6) is 2.49. The van der Waals surface area contributed by atoms with Gasteiger partial charge in [-0.25, -0.2) is 0 Å². The van der Waals surface area contributed by atoms with Crippen molar-refractivity contribution in [3.63, 3.8) is 0 Å². The van der Waals surface area contributed by atoms with Gasteiger partial charge in [0, 0.05) is 11.5 Å². The summed E-state index contributed by atoms with van der Waals surface area (Å²) in [7, 11) is 0. The highest BCUT2D eigenvalue weighted by molar-refractivity contribution is 8.21. The molecule has 0 atom stereocenters. The van der Waals surface area contributed by atoms with E-state index in [2.05, 4.69) is 20.1 Å². The van der Waals surface area contributed by atoms with Crippen molar-refractivity contribution in [3.8, 4) is 0 Å². The molecule has 0 aromatic heterocycles.